The van der Waals surface area contributed by atoms with Gasteiger partial charge in [0, 0.05) is 18.3 Å². The quantitative estimate of drug-likeness (QED) is 0.658. The molecule has 0 radical (unpaired) electrons. The fourth-order valence-corrected chi connectivity index (χ4v) is 2.84. The van der Waals surface area contributed by atoms with Crippen LogP contribution in [-0.2, 0) is 6.42 Å². The molecule has 0 bridgehead atoms. The van der Waals surface area contributed by atoms with Crippen LogP contribution in [0.3, 0.4) is 0 Å². The summed E-state index contributed by atoms with van der Waals surface area (Å²) in [5, 5.41) is 6.69. The van der Waals surface area contributed by atoms with Gasteiger partial charge in [-0.05, 0) is 61.2 Å². The summed E-state index contributed by atoms with van der Waals surface area (Å²) >= 11 is 0. The van der Waals surface area contributed by atoms with Gasteiger partial charge in [0.1, 0.15) is 23.7 Å². The maximum atomic E-state index is 5.18. The predicted octanol–water partition coefficient (Wildman–Crippen LogP) is 4.50. The summed E-state index contributed by atoms with van der Waals surface area (Å²) < 4.78 is 5.18. The Bertz CT molecular complexity index is 842. The van der Waals surface area contributed by atoms with Gasteiger partial charge in [0.2, 0.25) is 0 Å². The number of benzene rings is 2. The van der Waals surface area contributed by atoms with E-state index in [-0.39, 0.29) is 0 Å². The van der Waals surface area contributed by atoms with Gasteiger partial charge in [-0.15, -0.1) is 0 Å². The number of rotatable bonds is 7. The Hall–Kier alpha value is -3.08. The van der Waals surface area contributed by atoms with Crippen molar-refractivity contribution in [3.63, 3.8) is 0 Å². The summed E-state index contributed by atoms with van der Waals surface area (Å²) in [6, 6.07) is 16.4. The molecule has 0 fully saturated rings. The van der Waals surface area contributed by atoms with Crippen LogP contribution in [0.15, 0.2) is 54.9 Å². The number of anilines is 3. The van der Waals surface area contributed by atoms with E-state index in [2.05, 4.69) is 64.8 Å². The first-order chi connectivity index (χ1) is 12.6. The van der Waals surface area contributed by atoms with Crippen LogP contribution in [0.25, 0.3) is 0 Å². The Kier molecular flexibility index (Phi) is 5.69. The first-order valence-corrected chi connectivity index (χ1v) is 8.66. The monoisotopic (exact) mass is 348 g/mol. The lowest BCUT2D eigenvalue weighted by atomic mass is 10.1. The molecule has 3 aromatic rings. The molecule has 1 aromatic heterocycles. The molecule has 2 N–H and O–H groups in total. The largest absolute Gasteiger partial charge is 0.497 e. The number of nitrogens with one attached hydrogen (secondary N) is 2. The molecule has 5 heteroatoms. The van der Waals surface area contributed by atoms with Crippen LogP contribution in [0.1, 0.15) is 16.7 Å². The maximum Gasteiger partial charge on any atom is 0.135 e. The standard InChI is InChI=1S/C21H24N4O/c1-15-10-16(2)12-18(11-15)25-21-13-20(23-14-24-21)22-9-8-17-4-6-19(26-3)7-5-17/h4-7,10-14H,8-9H2,1-3H3,(H2,22,23,24,25). The summed E-state index contributed by atoms with van der Waals surface area (Å²) in [7, 11) is 1.68. The number of nitrogens with zero attached hydrogens (tertiary/aromatic N) is 2. The summed E-state index contributed by atoms with van der Waals surface area (Å²) in [6.45, 7) is 4.97. The van der Waals surface area contributed by atoms with Crippen molar-refractivity contribution in [1.82, 2.24) is 9.97 Å². The highest BCUT2D eigenvalue weighted by molar-refractivity contribution is 5.60. The Balaban J connectivity index is 1.58. The lowest BCUT2D eigenvalue weighted by Gasteiger charge is -2.10. The highest BCUT2D eigenvalue weighted by Gasteiger charge is 2.02. The van der Waals surface area contributed by atoms with Crippen molar-refractivity contribution >= 4 is 17.3 Å². The average molecular weight is 348 g/mol. The summed E-state index contributed by atoms with van der Waals surface area (Å²) in [4.78, 5) is 8.60. The molecule has 0 unspecified atom stereocenters. The Morgan fingerprint density at radius 1 is 0.885 bits per heavy atom. The SMILES string of the molecule is COc1ccc(CCNc2cc(Nc3cc(C)cc(C)c3)ncn2)cc1. The van der Waals surface area contributed by atoms with E-state index >= 15 is 0 Å². The molecule has 1 heterocycles. The number of aromatic nitrogens is 2. The molecule has 0 amide bonds. The fraction of sp³-hybridized carbons (Fsp3) is 0.238. The van der Waals surface area contributed by atoms with Gasteiger partial charge >= 0.3 is 0 Å². The zero-order chi connectivity index (χ0) is 18.4. The van der Waals surface area contributed by atoms with E-state index in [1.165, 1.54) is 16.7 Å². The zero-order valence-corrected chi connectivity index (χ0v) is 15.4. The van der Waals surface area contributed by atoms with Crippen molar-refractivity contribution in [3.8, 4) is 5.75 Å². The van der Waals surface area contributed by atoms with Crippen LogP contribution in [0.2, 0.25) is 0 Å². The predicted molar refractivity (Wildman–Crippen MR) is 106 cm³/mol. The third-order valence-electron chi connectivity index (χ3n) is 4.04. The van der Waals surface area contributed by atoms with Gasteiger partial charge in [-0.2, -0.15) is 0 Å². The van der Waals surface area contributed by atoms with Crippen molar-refractivity contribution in [2.75, 3.05) is 24.3 Å². The zero-order valence-electron chi connectivity index (χ0n) is 15.4. The normalized spacial score (nSPS) is 10.4. The average Bonchev–Trinajstić information content (AvgIpc) is 2.62. The Morgan fingerprint density at radius 2 is 1.58 bits per heavy atom. The van der Waals surface area contributed by atoms with Gasteiger partial charge in [-0.25, -0.2) is 9.97 Å². The molecule has 0 saturated carbocycles. The molecule has 134 valence electrons. The molecule has 0 aliphatic carbocycles. The molecular weight excluding hydrogens is 324 g/mol. The fourth-order valence-electron chi connectivity index (χ4n) is 2.84. The molecule has 3 rings (SSSR count). The minimum Gasteiger partial charge on any atom is -0.497 e. The van der Waals surface area contributed by atoms with E-state index in [1.807, 2.05) is 18.2 Å². The number of ether oxygens (including phenoxy) is 1. The third-order valence-corrected chi connectivity index (χ3v) is 4.04. The number of aryl methyl sites for hydroxylation is 2. The molecule has 0 atom stereocenters. The summed E-state index contributed by atoms with van der Waals surface area (Å²) in [6.07, 6.45) is 2.48. The maximum absolute atomic E-state index is 5.18. The summed E-state index contributed by atoms with van der Waals surface area (Å²) in [5.41, 5.74) is 4.73. The minimum atomic E-state index is 0.775. The van der Waals surface area contributed by atoms with Crippen molar-refractivity contribution in [3.05, 3.63) is 71.5 Å². The highest BCUT2D eigenvalue weighted by atomic mass is 16.5. The third kappa shape index (κ3) is 4.96. The number of hydrogen-bond donors (Lipinski definition) is 2. The van der Waals surface area contributed by atoms with Crippen LogP contribution in [0.5, 0.6) is 5.75 Å². The van der Waals surface area contributed by atoms with Crippen LogP contribution in [0, 0.1) is 13.8 Å². The molecule has 5 nitrogen and oxygen atoms in total. The second kappa shape index (κ2) is 8.34. The van der Waals surface area contributed by atoms with Crippen LogP contribution >= 0.6 is 0 Å². The molecule has 26 heavy (non-hydrogen) atoms. The van der Waals surface area contributed by atoms with Gasteiger partial charge in [-0.1, -0.05) is 18.2 Å². The number of methoxy groups -OCH3 is 1. The van der Waals surface area contributed by atoms with Gasteiger partial charge in [0.15, 0.2) is 0 Å². The lowest BCUT2D eigenvalue weighted by Crippen LogP contribution is -2.07. The molecular formula is C21H24N4O. The van der Waals surface area contributed by atoms with E-state index in [4.69, 9.17) is 4.74 Å². The van der Waals surface area contributed by atoms with E-state index in [0.717, 1.165) is 36.0 Å². The first-order valence-electron chi connectivity index (χ1n) is 8.66. The van der Waals surface area contributed by atoms with Crippen LogP contribution in [-0.4, -0.2) is 23.6 Å². The summed E-state index contributed by atoms with van der Waals surface area (Å²) in [5.74, 6) is 2.46. The first kappa shape index (κ1) is 17.7. The van der Waals surface area contributed by atoms with E-state index < -0.39 is 0 Å². The van der Waals surface area contributed by atoms with Crippen molar-refractivity contribution in [1.29, 1.82) is 0 Å². The molecule has 0 aliphatic heterocycles. The van der Waals surface area contributed by atoms with Crippen molar-refractivity contribution in [2.24, 2.45) is 0 Å². The van der Waals surface area contributed by atoms with Gasteiger partial charge in [-0.3, -0.25) is 0 Å². The molecule has 0 saturated heterocycles. The Labute approximate surface area is 154 Å². The van der Waals surface area contributed by atoms with Crippen molar-refractivity contribution < 1.29 is 4.74 Å². The molecule has 0 aliphatic rings. The van der Waals surface area contributed by atoms with Crippen LogP contribution in [0.4, 0.5) is 17.3 Å². The second-order valence-corrected chi connectivity index (χ2v) is 6.31. The second-order valence-electron chi connectivity index (χ2n) is 6.31. The van der Waals surface area contributed by atoms with Gasteiger partial charge in [0.25, 0.3) is 0 Å². The number of hydrogen-bond acceptors (Lipinski definition) is 5. The van der Waals surface area contributed by atoms with E-state index in [0.29, 0.717) is 0 Å². The minimum absolute atomic E-state index is 0.775. The Morgan fingerprint density at radius 3 is 2.27 bits per heavy atom. The highest BCUT2D eigenvalue weighted by Crippen LogP contribution is 2.19. The van der Waals surface area contributed by atoms with Gasteiger partial charge < -0.3 is 15.4 Å². The molecule has 2 aromatic carbocycles. The van der Waals surface area contributed by atoms with Crippen molar-refractivity contribution in [2.45, 2.75) is 20.3 Å². The smallest absolute Gasteiger partial charge is 0.135 e. The lowest BCUT2D eigenvalue weighted by molar-refractivity contribution is 0.414. The topological polar surface area (TPSA) is 59.1 Å². The molecule has 0 spiro atoms. The van der Waals surface area contributed by atoms with E-state index in [9.17, 15) is 0 Å². The van der Waals surface area contributed by atoms with Gasteiger partial charge in [0.05, 0.1) is 7.11 Å². The van der Waals surface area contributed by atoms with Crippen LogP contribution < -0.4 is 15.4 Å². The van der Waals surface area contributed by atoms with E-state index in [1.54, 1.807) is 13.4 Å².